The van der Waals surface area contributed by atoms with Crippen LogP contribution < -0.4 is 19.6 Å². The topological polar surface area (TPSA) is 339 Å². The maximum Gasteiger partial charge on any atom is 0.239 e. The first-order chi connectivity index (χ1) is 25.7. The molecular weight excluding hydrogens is 728 g/mol. The molecule has 3 heterocycles. The summed E-state index contributed by atoms with van der Waals surface area (Å²) in [4.78, 5) is 14.1. The molecule has 15 atom stereocenters. The van der Waals surface area contributed by atoms with Crippen LogP contribution in [0.3, 0.4) is 0 Å². The molecule has 13 N–H and O–H groups in total. The Balaban J connectivity index is 1.38. The van der Waals surface area contributed by atoms with Gasteiger partial charge in [0.1, 0.15) is 95.4 Å². The van der Waals surface area contributed by atoms with Crippen molar-refractivity contribution in [1.82, 2.24) is 0 Å². The quantitative estimate of drug-likeness (QED) is 0.0922. The molecule has 1 saturated carbocycles. The van der Waals surface area contributed by atoms with Crippen LogP contribution in [-0.2, 0) is 9.47 Å². The van der Waals surface area contributed by atoms with Gasteiger partial charge in [0.25, 0.3) is 0 Å². The zero-order valence-corrected chi connectivity index (χ0v) is 28.1. The molecule has 2 aliphatic heterocycles. The fraction of sp³-hybridized carbons (Fsp3) is 0.559. The van der Waals surface area contributed by atoms with Gasteiger partial charge in [-0.2, -0.15) is 0 Å². The van der Waals surface area contributed by atoms with Crippen molar-refractivity contribution in [2.24, 2.45) is 5.92 Å². The van der Waals surface area contributed by atoms with Crippen molar-refractivity contribution in [2.45, 2.75) is 92.2 Å². The fourth-order valence-electron chi connectivity index (χ4n) is 6.64. The molecule has 1 aliphatic carbocycles. The van der Waals surface area contributed by atoms with Gasteiger partial charge in [0.05, 0.1) is 19.3 Å². The maximum absolute atomic E-state index is 14.1. The lowest BCUT2D eigenvalue weighted by atomic mass is 9.81. The van der Waals surface area contributed by atoms with E-state index in [2.05, 4.69) is 0 Å². The maximum atomic E-state index is 14.1. The van der Waals surface area contributed by atoms with Crippen molar-refractivity contribution in [2.75, 3.05) is 19.8 Å². The number of aliphatic hydroxyl groups is 12. The van der Waals surface area contributed by atoms with Gasteiger partial charge in [-0.25, -0.2) is 0 Å². The normalized spacial score (nSPS) is 37.2. The Hall–Kier alpha value is -3.71. The largest absolute Gasteiger partial charge is 0.507 e. The Morgan fingerprint density at radius 1 is 0.611 bits per heavy atom. The summed E-state index contributed by atoms with van der Waals surface area (Å²) < 4.78 is 34.0. The number of phenolic OH excluding ortho intramolecular Hbond substituents is 1. The van der Waals surface area contributed by atoms with Crippen molar-refractivity contribution in [3.05, 3.63) is 46.6 Å². The molecule has 0 bridgehead atoms. The number of hydrogen-bond donors (Lipinski definition) is 13. The van der Waals surface area contributed by atoms with E-state index >= 15 is 0 Å². The van der Waals surface area contributed by atoms with Gasteiger partial charge in [0, 0.05) is 30.2 Å². The van der Waals surface area contributed by atoms with E-state index in [9.17, 15) is 71.2 Å². The van der Waals surface area contributed by atoms with Crippen LogP contribution >= 0.6 is 0 Å². The first kappa shape index (κ1) is 40.0. The molecule has 1 aromatic heterocycles. The first-order valence-electron chi connectivity index (χ1n) is 16.9. The predicted molar refractivity (Wildman–Crippen MR) is 176 cm³/mol. The van der Waals surface area contributed by atoms with Crippen LogP contribution in [-0.4, -0.2) is 172 Å². The molecule has 0 spiro atoms. The van der Waals surface area contributed by atoms with Crippen LogP contribution in [0.25, 0.3) is 22.3 Å². The highest BCUT2D eigenvalue weighted by Crippen LogP contribution is 2.39. The molecule has 3 aromatic rings. The minimum atomic E-state index is -1.82. The molecule has 3 fully saturated rings. The van der Waals surface area contributed by atoms with E-state index in [0.29, 0.717) is 0 Å². The van der Waals surface area contributed by atoms with Gasteiger partial charge < -0.3 is 94.5 Å². The van der Waals surface area contributed by atoms with E-state index < -0.39 is 134 Å². The Labute approximate surface area is 304 Å². The van der Waals surface area contributed by atoms with Gasteiger partial charge in [-0.1, -0.05) is 0 Å². The van der Waals surface area contributed by atoms with E-state index in [-0.39, 0.29) is 34.8 Å². The van der Waals surface area contributed by atoms with E-state index in [1.165, 1.54) is 24.3 Å². The van der Waals surface area contributed by atoms with Crippen LogP contribution in [0.4, 0.5) is 0 Å². The summed E-state index contributed by atoms with van der Waals surface area (Å²) >= 11 is 0. The van der Waals surface area contributed by atoms with Gasteiger partial charge in [-0.3, -0.25) is 4.79 Å². The second-order valence-electron chi connectivity index (χ2n) is 13.4. The van der Waals surface area contributed by atoms with Crippen molar-refractivity contribution in [3.8, 4) is 34.3 Å². The Morgan fingerprint density at radius 2 is 1.15 bits per heavy atom. The molecule has 2 aromatic carbocycles. The summed E-state index contributed by atoms with van der Waals surface area (Å²) in [6.45, 7) is -2.03. The Morgan fingerprint density at radius 3 is 1.69 bits per heavy atom. The molecule has 3 aliphatic rings. The van der Waals surface area contributed by atoms with Crippen molar-refractivity contribution in [3.63, 3.8) is 0 Å². The Kier molecular flexibility index (Phi) is 12.0. The molecule has 2 saturated heterocycles. The molecule has 20 heteroatoms. The number of ether oxygens (including phenoxy) is 5. The SMILES string of the molecule is O=c1c(OC2CC(CO)C(O)C(O)C2O)c(-c2ccc(OC3OC(CO)C(O)C(O)C3O)cc2)oc2cc(OC3OC(CO)C(O)C(O)C3O)cc(O)c12. The minimum absolute atomic E-state index is 0.0344. The number of rotatable bonds is 10. The fourth-order valence-corrected chi connectivity index (χ4v) is 6.64. The average Bonchev–Trinajstić information content (AvgIpc) is 3.16. The third-order valence-electron chi connectivity index (χ3n) is 9.83. The molecule has 6 rings (SSSR count). The smallest absolute Gasteiger partial charge is 0.239 e. The zero-order valence-electron chi connectivity index (χ0n) is 28.1. The lowest BCUT2D eigenvalue weighted by Crippen LogP contribution is -2.60. The molecule has 298 valence electrons. The zero-order chi connectivity index (χ0) is 39.2. The van der Waals surface area contributed by atoms with E-state index in [0.717, 1.165) is 12.1 Å². The third kappa shape index (κ3) is 7.46. The van der Waals surface area contributed by atoms with Gasteiger partial charge in [-0.05, 0) is 30.7 Å². The molecule has 0 amide bonds. The second kappa shape index (κ2) is 16.2. The van der Waals surface area contributed by atoms with Gasteiger partial charge in [-0.15, -0.1) is 0 Å². The summed E-state index contributed by atoms with van der Waals surface area (Å²) in [5, 5.41) is 132. The summed E-state index contributed by atoms with van der Waals surface area (Å²) in [6.07, 6.45) is -22.7. The van der Waals surface area contributed by atoms with Gasteiger partial charge in [0.15, 0.2) is 5.76 Å². The van der Waals surface area contributed by atoms with Crippen LogP contribution in [0.1, 0.15) is 6.42 Å². The first-order valence-corrected chi connectivity index (χ1v) is 16.9. The number of hydrogen-bond acceptors (Lipinski definition) is 20. The van der Waals surface area contributed by atoms with Crippen LogP contribution in [0.5, 0.6) is 23.0 Å². The van der Waals surface area contributed by atoms with E-state index in [1.807, 2.05) is 0 Å². The number of aliphatic hydroxyl groups excluding tert-OH is 12. The monoisotopic (exact) mass is 770 g/mol. The number of benzene rings is 2. The van der Waals surface area contributed by atoms with E-state index in [4.69, 9.17) is 28.1 Å². The Bertz CT molecular complexity index is 1800. The van der Waals surface area contributed by atoms with E-state index in [1.54, 1.807) is 0 Å². The third-order valence-corrected chi connectivity index (χ3v) is 9.83. The highest BCUT2D eigenvalue weighted by Gasteiger charge is 2.47. The van der Waals surface area contributed by atoms with Gasteiger partial charge >= 0.3 is 0 Å². The summed E-state index contributed by atoms with van der Waals surface area (Å²) in [7, 11) is 0. The molecule has 15 unspecified atom stereocenters. The molecule has 20 nitrogen and oxygen atoms in total. The summed E-state index contributed by atoms with van der Waals surface area (Å²) in [6, 6.07) is 7.45. The molecule has 0 radical (unpaired) electrons. The van der Waals surface area contributed by atoms with Crippen LogP contribution in [0.2, 0.25) is 0 Å². The number of aromatic hydroxyl groups is 1. The lowest BCUT2D eigenvalue weighted by molar-refractivity contribution is -0.277. The molecule has 54 heavy (non-hydrogen) atoms. The van der Waals surface area contributed by atoms with Crippen LogP contribution in [0.15, 0.2) is 45.6 Å². The number of fused-ring (bicyclic) bond motifs is 1. The summed E-state index contributed by atoms with van der Waals surface area (Å²) in [5.74, 6) is -2.81. The highest BCUT2D eigenvalue weighted by molar-refractivity contribution is 5.88. The lowest BCUT2D eigenvalue weighted by Gasteiger charge is -2.39. The van der Waals surface area contributed by atoms with Gasteiger partial charge in [0.2, 0.25) is 23.8 Å². The highest BCUT2D eigenvalue weighted by atomic mass is 16.7. The second-order valence-corrected chi connectivity index (χ2v) is 13.4. The molecular formula is C34H42O20. The standard InChI is InChI=1S/C34H42O20/c35-8-12-5-17(22(40)26(44)21(12)39)52-32-25(43)20-15(38)6-14(50-34-30(48)28(46)24(42)19(10-37)54-34)7-16(20)51-31(32)11-1-3-13(4-2-11)49-33-29(47)27(45)23(41)18(9-36)53-33/h1-4,6-7,12,17-19,21-24,26-30,33-42,44-48H,5,8-10H2. The van der Waals surface area contributed by atoms with Crippen molar-refractivity contribution >= 4 is 11.0 Å². The predicted octanol–water partition coefficient (Wildman–Crippen LogP) is -4.63. The number of phenols is 1. The van der Waals surface area contributed by atoms with Crippen LogP contribution in [0, 0.1) is 5.92 Å². The van der Waals surface area contributed by atoms with Crippen molar-refractivity contribution < 1.29 is 94.5 Å². The van der Waals surface area contributed by atoms with Crippen molar-refractivity contribution in [1.29, 1.82) is 0 Å². The summed E-state index contributed by atoms with van der Waals surface area (Å²) in [5.41, 5.74) is -1.20. The minimum Gasteiger partial charge on any atom is -0.507 e. The average molecular weight is 771 g/mol.